The van der Waals surface area contributed by atoms with Gasteiger partial charge in [-0.3, -0.25) is 39.1 Å². The second-order valence-corrected chi connectivity index (χ2v) is 18.3. The number of hydrogen-bond donors (Lipinski definition) is 1. The fourth-order valence-corrected chi connectivity index (χ4v) is 10.9. The minimum Gasteiger partial charge on any atom is -0.491 e. The van der Waals surface area contributed by atoms with Gasteiger partial charge in [-0.05, 0) is 106 Å². The van der Waals surface area contributed by atoms with Gasteiger partial charge in [0.05, 0.1) is 27.8 Å². The Labute approximate surface area is 355 Å². The third-order valence-corrected chi connectivity index (χ3v) is 14.0. The molecule has 312 valence electrons. The lowest BCUT2D eigenvalue weighted by Crippen LogP contribution is -2.64. The van der Waals surface area contributed by atoms with E-state index in [1.807, 2.05) is 30.0 Å². The van der Waals surface area contributed by atoms with Gasteiger partial charge < -0.3 is 19.4 Å². The Morgan fingerprint density at radius 3 is 2.32 bits per heavy atom. The summed E-state index contributed by atoms with van der Waals surface area (Å²) >= 11 is 6.21. The zero-order valence-corrected chi connectivity index (χ0v) is 34.8. The summed E-state index contributed by atoms with van der Waals surface area (Å²) in [5.41, 5.74) is 4.10. The van der Waals surface area contributed by atoms with E-state index in [-0.39, 0.29) is 42.8 Å². The van der Waals surface area contributed by atoms with Gasteiger partial charge in [-0.15, -0.1) is 0 Å². The Bertz CT molecular complexity index is 2270. The average molecular weight is 832 g/mol. The first-order chi connectivity index (χ1) is 28.9. The fourth-order valence-electron chi connectivity index (χ4n) is 10.7. The van der Waals surface area contributed by atoms with Crippen molar-refractivity contribution in [3.63, 3.8) is 0 Å². The number of ether oxygens (including phenoxy) is 1. The molecule has 5 fully saturated rings. The van der Waals surface area contributed by atoms with E-state index >= 15 is 0 Å². The van der Waals surface area contributed by atoms with Gasteiger partial charge >= 0.3 is 0 Å². The number of halogens is 1. The third-order valence-electron chi connectivity index (χ3n) is 13.7. The second kappa shape index (κ2) is 15.9. The van der Waals surface area contributed by atoms with Crippen LogP contribution in [0.25, 0.3) is 0 Å². The highest BCUT2D eigenvalue weighted by atomic mass is 35.5. The van der Waals surface area contributed by atoms with Crippen molar-refractivity contribution < 1.29 is 28.7 Å². The number of piperazine rings is 1. The maximum Gasteiger partial charge on any atom is 0.262 e. The molecule has 5 aliphatic heterocycles. The van der Waals surface area contributed by atoms with Crippen LogP contribution in [0.15, 0.2) is 60.7 Å². The van der Waals surface area contributed by atoms with E-state index in [2.05, 4.69) is 45.1 Å². The maximum absolute atomic E-state index is 13.9. The monoisotopic (exact) mass is 831 g/mol. The van der Waals surface area contributed by atoms with Crippen LogP contribution >= 0.6 is 11.6 Å². The van der Waals surface area contributed by atoms with Crippen LogP contribution in [0.5, 0.6) is 5.75 Å². The summed E-state index contributed by atoms with van der Waals surface area (Å²) in [6.07, 6.45) is 5.05. The van der Waals surface area contributed by atoms with Gasteiger partial charge in [0.25, 0.3) is 17.7 Å². The number of hydrogen-bond acceptors (Lipinski definition) is 10. The molecule has 0 radical (unpaired) electrons. The first-order valence-corrected chi connectivity index (χ1v) is 21.6. The van der Waals surface area contributed by atoms with Crippen LogP contribution in [-0.4, -0.2) is 114 Å². The summed E-state index contributed by atoms with van der Waals surface area (Å²) in [6, 6.07) is 19.9. The van der Waals surface area contributed by atoms with Gasteiger partial charge in [-0.1, -0.05) is 11.6 Å². The molecule has 1 aliphatic carbocycles. The molecule has 5 amide bonds. The number of nitriles is 1. The Hall–Kier alpha value is -5.45. The summed E-state index contributed by atoms with van der Waals surface area (Å²) in [4.78, 5) is 74.7. The molecule has 4 atom stereocenters. The highest BCUT2D eigenvalue weighted by molar-refractivity contribution is 6.31. The molecule has 1 spiro atoms. The molecule has 13 nitrogen and oxygen atoms in total. The minimum atomic E-state index is -0.963. The van der Waals surface area contributed by atoms with E-state index in [4.69, 9.17) is 16.3 Å². The summed E-state index contributed by atoms with van der Waals surface area (Å²) in [5.74, 6) is -0.608. The Morgan fingerprint density at radius 1 is 0.900 bits per heavy atom. The van der Waals surface area contributed by atoms with Crippen molar-refractivity contribution in [3.05, 3.63) is 87.9 Å². The molecule has 3 aromatic rings. The van der Waals surface area contributed by atoms with Gasteiger partial charge in [0.1, 0.15) is 17.9 Å². The van der Waals surface area contributed by atoms with Crippen LogP contribution in [-0.2, 0) is 9.59 Å². The molecule has 6 aliphatic rings. The summed E-state index contributed by atoms with van der Waals surface area (Å²) < 4.78 is 6.15. The number of rotatable bonds is 10. The van der Waals surface area contributed by atoms with E-state index in [0.29, 0.717) is 50.8 Å². The van der Waals surface area contributed by atoms with Crippen LogP contribution in [0, 0.1) is 22.7 Å². The van der Waals surface area contributed by atoms with Crippen LogP contribution < -0.4 is 19.9 Å². The summed E-state index contributed by atoms with van der Waals surface area (Å²) in [6.45, 7) is 10.9. The molecular weight excluding hydrogens is 782 g/mol. The van der Waals surface area contributed by atoms with E-state index in [1.54, 1.807) is 30.3 Å². The molecule has 1 saturated carbocycles. The number of nitrogens with one attached hydrogen (secondary N) is 1. The van der Waals surface area contributed by atoms with Gasteiger partial charge in [0, 0.05) is 99.2 Å². The lowest BCUT2D eigenvalue weighted by molar-refractivity contribution is -0.136. The van der Waals surface area contributed by atoms with Crippen LogP contribution in [0.3, 0.4) is 0 Å². The molecular formula is C46H50ClN7O6. The van der Waals surface area contributed by atoms with Crippen molar-refractivity contribution in [1.29, 1.82) is 5.26 Å². The van der Waals surface area contributed by atoms with Crippen molar-refractivity contribution >= 4 is 52.5 Å². The Kier molecular flexibility index (Phi) is 10.6. The standard InChI is InChI=1S/C46H50ClN7O6/c1-28-3-7-35(19-29(2)60-36-11-6-32(24-48)39(47)21-36)53(28)43(57)31-4-8-33(9-5-31)51-17-15-50(16-18-51)25-30-22-46(23-30)26-52(27-46)34-10-12-37-38(20-34)45(59)54(44(37)58)40-13-14-41(55)49-42(40)56/h4-6,8-12,20-21,28-30,35,40H,3,7,13-19,22-23,25-27H2,1-2H3,(H,49,55,56). The molecule has 3 aromatic carbocycles. The minimum absolute atomic E-state index is 0.0556. The number of carbonyl (C=O) groups is 5. The predicted octanol–water partition coefficient (Wildman–Crippen LogP) is 5.50. The number of piperidine rings is 1. The first-order valence-electron chi connectivity index (χ1n) is 21.3. The molecule has 0 bridgehead atoms. The van der Waals surface area contributed by atoms with Crippen molar-refractivity contribution in [1.82, 2.24) is 20.0 Å². The third kappa shape index (κ3) is 7.49. The number of nitrogens with zero attached hydrogens (tertiary/aromatic N) is 6. The molecule has 0 aromatic heterocycles. The zero-order valence-electron chi connectivity index (χ0n) is 34.1. The topological polar surface area (TPSA) is 147 Å². The molecule has 5 heterocycles. The zero-order chi connectivity index (χ0) is 41.9. The molecule has 4 unspecified atom stereocenters. The van der Waals surface area contributed by atoms with E-state index in [9.17, 15) is 29.2 Å². The highest BCUT2D eigenvalue weighted by Gasteiger charge is 2.53. The smallest absolute Gasteiger partial charge is 0.262 e. The fraction of sp³-hybridized carbons (Fsp3) is 0.478. The lowest BCUT2D eigenvalue weighted by atomic mass is 9.57. The Morgan fingerprint density at radius 2 is 1.62 bits per heavy atom. The summed E-state index contributed by atoms with van der Waals surface area (Å²) in [5, 5.41) is 11.8. The number of amides is 5. The number of likely N-dealkylation sites (tertiary alicyclic amines) is 1. The molecule has 9 rings (SSSR count). The van der Waals surface area contributed by atoms with Gasteiger partial charge in [-0.2, -0.15) is 5.26 Å². The number of anilines is 2. The van der Waals surface area contributed by atoms with Crippen molar-refractivity contribution in [2.75, 3.05) is 55.6 Å². The van der Waals surface area contributed by atoms with Crippen molar-refractivity contribution in [3.8, 4) is 11.8 Å². The largest absolute Gasteiger partial charge is 0.491 e. The predicted molar refractivity (Wildman–Crippen MR) is 225 cm³/mol. The van der Waals surface area contributed by atoms with Gasteiger partial charge in [0.2, 0.25) is 11.8 Å². The van der Waals surface area contributed by atoms with Crippen LogP contribution in [0.2, 0.25) is 5.02 Å². The van der Waals surface area contributed by atoms with Crippen LogP contribution in [0.1, 0.15) is 95.4 Å². The van der Waals surface area contributed by atoms with Gasteiger partial charge in [0.15, 0.2) is 0 Å². The molecule has 4 saturated heterocycles. The van der Waals surface area contributed by atoms with E-state index in [1.165, 1.54) is 12.8 Å². The second-order valence-electron chi connectivity index (χ2n) is 17.9. The SMILES string of the molecule is CC(CC1CCC(C)N1C(=O)c1ccc(N2CCN(CC3CC4(C3)CN(c3ccc5c(c3)C(=O)N(C3CCC(=O)NC3=O)C5=O)C4)CC2)cc1)Oc1ccc(C#N)c(Cl)c1. The molecule has 60 heavy (non-hydrogen) atoms. The van der Waals surface area contributed by atoms with Crippen LogP contribution in [0.4, 0.5) is 11.4 Å². The quantitative estimate of drug-likeness (QED) is 0.260. The lowest BCUT2D eigenvalue weighted by Gasteiger charge is -2.60. The molecule has 1 N–H and O–H groups in total. The highest BCUT2D eigenvalue weighted by Crippen LogP contribution is 2.53. The van der Waals surface area contributed by atoms with Crippen molar-refractivity contribution in [2.24, 2.45) is 11.3 Å². The summed E-state index contributed by atoms with van der Waals surface area (Å²) in [7, 11) is 0. The Balaban J connectivity index is 0.718. The average Bonchev–Trinajstić information content (AvgIpc) is 3.69. The van der Waals surface area contributed by atoms with Gasteiger partial charge in [-0.25, -0.2) is 0 Å². The van der Waals surface area contributed by atoms with E-state index < -0.39 is 23.8 Å². The number of benzene rings is 3. The number of fused-ring (bicyclic) bond motifs is 1. The normalized spacial score (nSPS) is 24.5. The maximum atomic E-state index is 13.9. The van der Waals surface area contributed by atoms with E-state index in [0.717, 1.165) is 74.9 Å². The number of carbonyl (C=O) groups excluding carboxylic acids is 5. The first kappa shape index (κ1) is 40.0. The van der Waals surface area contributed by atoms with Crippen molar-refractivity contribution in [2.45, 2.75) is 83.0 Å². The number of imide groups is 2. The molecule has 14 heteroatoms.